The van der Waals surface area contributed by atoms with Crippen molar-refractivity contribution in [2.75, 3.05) is 13.6 Å². The second kappa shape index (κ2) is 7.61. The number of nitrogens with one attached hydrogen (secondary N) is 2. The zero-order chi connectivity index (χ0) is 17.0. The summed E-state index contributed by atoms with van der Waals surface area (Å²) in [6.07, 6.45) is 3.35. The van der Waals surface area contributed by atoms with Gasteiger partial charge in [0, 0.05) is 25.7 Å². The lowest BCUT2D eigenvalue weighted by Crippen LogP contribution is -2.48. The number of likely N-dealkylation sites (N-methyl/N-ethyl adjacent to an activating group) is 1. The van der Waals surface area contributed by atoms with Gasteiger partial charge >= 0.3 is 6.09 Å². The van der Waals surface area contributed by atoms with Crippen molar-refractivity contribution in [3.63, 3.8) is 0 Å². The summed E-state index contributed by atoms with van der Waals surface area (Å²) in [5, 5.41) is 2.64. The van der Waals surface area contributed by atoms with Crippen LogP contribution in [0.25, 0.3) is 0 Å². The van der Waals surface area contributed by atoms with E-state index < -0.39 is 21.9 Å². The summed E-state index contributed by atoms with van der Waals surface area (Å²) in [5.41, 5.74) is -0.578. The van der Waals surface area contributed by atoms with Crippen LogP contribution in [0, 0.1) is 0 Å². The first kappa shape index (κ1) is 19.2. The molecule has 1 amide bonds. The maximum atomic E-state index is 12.2. The van der Waals surface area contributed by atoms with E-state index in [-0.39, 0.29) is 18.6 Å². The molecule has 0 bridgehead atoms. The molecule has 0 aliphatic heterocycles. The van der Waals surface area contributed by atoms with Gasteiger partial charge in [-0.3, -0.25) is 0 Å². The zero-order valence-electron chi connectivity index (χ0n) is 14.2. The van der Waals surface area contributed by atoms with Gasteiger partial charge in [0.25, 0.3) is 10.2 Å². The Hall–Kier alpha value is -0.860. The Bertz CT molecular complexity index is 467. The third kappa shape index (κ3) is 6.93. The first-order chi connectivity index (χ1) is 9.99. The third-order valence-electron chi connectivity index (χ3n) is 3.38. The predicted octanol–water partition coefficient (Wildman–Crippen LogP) is 1.61. The molecule has 0 saturated heterocycles. The third-order valence-corrected chi connectivity index (χ3v) is 4.98. The smallest absolute Gasteiger partial charge is 0.407 e. The van der Waals surface area contributed by atoms with Crippen LogP contribution in [0.3, 0.4) is 0 Å². The quantitative estimate of drug-likeness (QED) is 0.772. The fourth-order valence-corrected chi connectivity index (χ4v) is 3.64. The van der Waals surface area contributed by atoms with Crippen LogP contribution in [0.2, 0.25) is 0 Å². The Morgan fingerprint density at radius 3 is 2.36 bits per heavy atom. The second-order valence-corrected chi connectivity index (χ2v) is 8.74. The van der Waals surface area contributed by atoms with Crippen LogP contribution in [0.1, 0.15) is 53.4 Å². The van der Waals surface area contributed by atoms with Crippen LogP contribution < -0.4 is 10.0 Å². The molecule has 0 radical (unpaired) electrons. The lowest BCUT2D eigenvalue weighted by Gasteiger charge is -2.25. The highest BCUT2D eigenvalue weighted by molar-refractivity contribution is 7.87. The molecule has 1 fully saturated rings. The first-order valence-electron chi connectivity index (χ1n) is 7.73. The molecule has 0 aromatic carbocycles. The average molecular weight is 335 g/mol. The minimum Gasteiger partial charge on any atom is -0.444 e. The maximum absolute atomic E-state index is 12.2. The lowest BCUT2D eigenvalue weighted by atomic mass is 10.2. The van der Waals surface area contributed by atoms with Gasteiger partial charge in [-0.2, -0.15) is 17.4 Å². The van der Waals surface area contributed by atoms with Crippen molar-refractivity contribution >= 4 is 16.3 Å². The lowest BCUT2D eigenvalue weighted by molar-refractivity contribution is 0.0504. The van der Waals surface area contributed by atoms with Gasteiger partial charge < -0.3 is 10.1 Å². The molecule has 8 heteroatoms. The Morgan fingerprint density at radius 2 is 1.86 bits per heavy atom. The van der Waals surface area contributed by atoms with Crippen LogP contribution in [0.5, 0.6) is 0 Å². The van der Waals surface area contributed by atoms with Crippen molar-refractivity contribution < 1.29 is 17.9 Å². The first-order valence-corrected chi connectivity index (χ1v) is 9.17. The minimum atomic E-state index is -3.52. The van der Waals surface area contributed by atoms with E-state index in [0.29, 0.717) is 0 Å². The fourth-order valence-electron chi connectivity index (χ4n) is 2.38. The van der Waals surface area contributed by atoms with E-state index in [4.69, 9.17) is 4.74 Å². The molecule has 130 valence electrons. The molecule has 1 aliphatic rings. The molecular formula is C14H29N3O4S. The van der Waals surface area contributed by atoms with Crippen LogP contribution >= 0.6 is 0 Å². The van der Waals surface area contributed by atoms with Crippen molar-refractivity contribution in [1.29, 1.82) is 0 Å². The highest BCUT2D eigenvalue weighted by atomic mass is 32.2. The van der Waals surface area contributed by atoms with Crippen LogP contribution in [0.4, 0.5) is 4.79 Å². The van der Waals surface area contributed by atoms with Gasteiger partial charge in [0.2, 0.25) is 0 Å². The SMILES string of the molecule is CC(CN(C)S(=O)(=O)NC1CCCC1)NC(=O)OC(C)(C)C. The summed E-state index contributed by atoms with van der Waals surface area (Å²) in [6, 6.07) is -0.318. The van der Waals surface area contributed by atoms with E-state index in [1.807, 2.05) is 0 Å². The number of alkyl carbamates (subject to hydrolysis) is 1. The van der Waals surface area contributed by atoms with E-state index >= 15 is 0 Å². The van der Waals surface area contributed by atoms with Crippen LogP contribution in [-0.2, 0) is 14.9 Å². The molecular weight excluding hydrogens is 306 g/mol. The predicted molar refractivity (Wildman–Crippen MR) is 85.8 cm³/mol. The molecule has 1 rings (SSSR count). The number of rotatable bonds is 6. The van der Waals surface area contributed by atoms with Gasteiger partial charge in [0.1, 0.15) is 5.60 Å². The highest BCUT2D eigenvalue weighted by Gasteiger charge is 2.26. The highest BCUT2D eigenvalue weighted by Crippen LogP contribution is 2.18. The number of hydrogen-bond donors (Lipinski definition) is 2. The minimum absolute atomic E-state index is 0.0292. The largest absolute Gasteiger partial charge is 0.444 e. The van der Waals surface area contributed by atoms with Gasteiger partial charge in [-0.25, -0.2) is 4.79 Å². The molecule has 0 aromatic rings. The molecule has 1 atom stereocenters. The average Bonchev–Trinajstić information content (AvgIpc) is 2.77. The topological polar surface area (TPSA) is 87.7 Å². The van der Waals surface area contributed by atoms with E-state index in [1.165, 1.54) is 11.4 Å². The van der Waals surface area contributed by atoms with Gasteiger partial charge in [-0.05, 0) is 40.5 Å². The molecule has 0 heterocycles. The molecule has 1 aliphatic carbocycles. The summed E-state index contributed by atoms with van der Waals surface area (Å²) in [6.45, 7) is 7.25. The van der Waals surface area contributed by atoms with Crippen LogP contribution in [-0.4, -0.2) is 50.1 Å². The number of nitrogens with zero attached hydrogens (tertiary/aromatic N) is 1. The van der Waals surface area contributed by atoms with Gasteiger partial charge in [0.05, 0.1) is 0 Å². The number of carbonyl (C=O) groups excluding carboxylic acids is 1. The standard InChI is InChI=1S/C14H29N3O4S/c1-11(15-13(18)21-14(2,3)4)10-17(5)22(19,20)16-12-8-6-7-9-12/h11-12,16H,6-10H2,1-5H3,(H,15,18). The van der Waals surface area contributed by atoms with Gasteiger partial charge in [-0.15, -0.1) is 0 Å². The van der Waals surface area contributed by atoms with E-state index in [1.54, 1.807) is 27.7 Å². The fraction of sp³-hybridized carbons (Fsp3) is 0.929. The molecule has 7 nitrogen and oxygen atoms in total. The monoisotopic (exact) mass is 335 g/mol. The number of amides is 1. The summed E-state index contributed by atoms with van der Waals surface area (Å²) >= 11 is 0. The van der Waals surface area contributed by atoms with E-state index in [2.05, 4.69) is 10.0 Å². The van der Waals surface area contributed by atoms with Gasteiger partial charge in [0.15, 0.2) is 0 Å². The van der Waals surface area contributed by atoms with Crippen molar-refractivity contribution in [1.82, 2.24) is 14.3 Å². The summed E-state index contributed by atoms with van der Waals surface area (Å²) in [5.74, 6) is 0. The molecule has 1 saturated carbocycles. The zero-order valence-corrected chi connectivity index (χ0v) is 15.0. The molecule has 1 unspecified atom stereocenters. The Morgan fingerprint density at radius 1 is 1.32 bits per heavy atom. The van der Waals surface area contributed by atoms with E-state index in [9.17, 15) is 13.2 Å². The van der Waals surface area contributed by atoms with Crippen molar-refractivity contribution in [2.24, 2.45) is 0 Å². The summed E-state index contributed by atoms with van der Waals surface area (Å²) < 4.78 is 33.5. The number of carbonyl (C=O) groups is 1. The maximum Gasteiger partial charge on any atom is 0.407 e. The van der Waals surface area contributed by atoms with Crippen molar-refractivity contribution in [3.05, 3.63) is 0 Å². The summed E-state index contributed by atoms with van der Waals surface area (Å²) in [4.78, 5) is 11.7. The molecule has 2 N–H and O–H groups in total. The van der Waals surface area contributed by atoms with Gasteiger partial charge in [-0.1, -0.05) is 12.8 Å². The molecule has 0 spiro atoms. The van der Waals surface area contributed by atoms with Crippen molar-refractivity contribution in [2.45, 2.75) is 71.1 Å². The Kier molecular flexibility index (Phi) is 6.64. The second-order valence-electron chi connectivity index (χ2n) is 6.93. The number of hydrogen-bond acceptors (Lipinski definition) is 4. The normalized spacial score (nSPS) is 18.5. The van der Waals surface area contributed by atoms with Crippen LogP contribution in [0.15, 0.2) is 0 Å². The molecule has 0 aromatic heterocycles. The van der Waals surface area contributed by atoms with Crippen molar-refractivity contribution in [3.8, 4) is 0 Å². The Balaban J connectivity index is 2.45. The molecule has 22 heavy (non-hydrogen) atoms. The van der Waals surface area contributed by atoms with E-state index in [0.717, 1.165) is 25.7 Å². The Labute approximate surface area is 134 Å². The summed E-state index contributed by atoms with van der Waals surface area (Å²) in [7, 11) is -2.01. The number of ether oxygens (including phenoxy) is 1.